The number of hydrogen-bond donors (Lipinski definition) is 3. The van der Waals surface area contributed by atoms with Crippen LogP contribution in [0.5, 0.6) is 0 Å². The van der Waals surface area contributed by atoms with Crippen LogP contribution in [0.4, 0.5) is 9.18 Å². The second-order valence-corrected chi connectivity index (χ2v) is 3.36. The molecule has 7 heteroatoms. The minimum absolute atomic E-state index is 0.115. The number of amides is 2. The second-order valence-electron chi connectivity index (χ2n) is 3.36. The van der Waals surface area contributed by atoms with Gasteiger partial charge in [-0.25, -0.2) is 9.18 Å². The topological polar surface area (TPSA) is 97.4 Å². The van der Waals surface area contributed by atoms with E-state index in [9.17, 15) is 14.0 Å². The molecule has 0 saturated carbocycles. The fraction of sp³-hybridized carbons (Fsp3) is 0.200. The number of hydrogen-bond acceptors (Lipinski definition) is 2. The van der Waals surface area contributed by atoms with Gasteiger partial charge in [0.15, 0.2) is 0 Å². The Morgan fingerprint density at radius 1 is 1.59 bits per heavy atom. The van der Waals surface area contributed by atoms with E-state index < -0.39 is 12.0 Å². The molecule has 0 spiro atoms. The van der Waals surface area contributed by atoms with Crippen LogP contribution in [0, 0.1) is 0 Å². The Morgan fingerprint density at radius 3 is 2.76 bits per heavy atom. The predicted octanol–water partition coefficient (Wildman–Crippen LogP) is 0.708. The van der Waals surface area contributed by atoms with Crippen molar-refractivity contribution in [3.8, 4) is 0 Å². The summed E-state index contributed by atoms with van der Waals surface area (Å²) in [4.78, 5) is 21.1. The van der Waals surface area contributed by atoms with Crippen LogP contribution < -0.4 is 11.1 Å². The third kappa shape index (κ3) is 3.98. The molecule has 0 aromatic carbocycles. The minimum Gasteiger partial charge on any atom is -0.465 e. The number of primary amides is 1. The fourth-order valence-corrected chi connectivity index (χ4v) is 1.24. The molecule has 0 bridgehead atoms. The molecule has 17 heavy (non-hydrogen) atoms. The van der Waals surface area contributed by atoms with E-state index in [2.05, 4.69) is 0 Å². The predicted molar refractivity (Wildman–Crippen MR) is 58.2 cm³/mol. The van der Waals surface area contributed by atoms with Gasteiger partial charge in [-0.2, -0.15) is 0 Å². The lowest BCUT2D eigenvalue weighted by Crippen LogP contribution is -2.24. The maximum absolute atomic E-state index is 12.5. The Hall–Kier alpha value is -2.31. The number of aromatic nitrogens is 1. The number of carbonyl (C=O) groups excluding carboxylic acids is 1. The van der Waals surface area contributed by atoms with Crippen molar-refractivity contribution in [3.63, 3.8) is 0 Å². The molecule has 0 aliphatic rings. The van der Waals surface area contributed by atoms with E-state index in [-0.39, 0.29) is 18.7 Å². The lowest BCUT2D eigenvalue weighted by Gasteiger charge is -2.06. The molecule has 0 aliphatic carbocycles. The molecule has 0 radical (unpaired) electrons. The Morgan fingerprint density at radius 2 is 2.29 bits per heavy atom. The van der Waals surface area contributed by atoms with Gasteiger partial charge in [0.05, 0.1) is 11.9 Å². The van der Waals surface area contributed by atoms with Crippen LogP contribution in [0.3, 0.4) is 0 Å². The van der Waals surface area contributed by atoms with Gasteiger partial charge in [0.1, 0.15) is 0 Å². The van der Waals surface area contributed by atoms with Gasteiger partial charge in [-0.05, 0) is 11.6 Å². The van der Waals surface area contributed by atoms with E-state index in [1.54, 1.807) is 6.20 Å². The Bertz CT molecular complexity index is 453. The molecule has 0 atom stereocenters. The number of carbonyl (C=O) groups is 2. The highest BCUT2D eigenvalue weighted by Gasteiger charge is 2.05. The monoisotopic (exact) mass is 241 g/mol. The van der Waals surface area contributed by atoms with E-state index in [1.807, 2.05) is 5.32 Å². The molecule has 1 aromatic rings. The molecule has 0 aliphatic heterocycles. The van der Waals surface area contributed by atoms with E-state index in [0.29, 0.717) is 11.9 Å². The first kappa shape index (κ1) is 12.8. The third-order valence-corrected chi connectivity index (χ3v) is 2.04. The molecule has 1 aromatic heterocycles. The minimum atomic E-state index is -1.23. The van der Waals surface area contributed by atoms with Crippen molar-refractivity contribution in [2.24, 2.45) is 5.73 Å². The summed E-state index contributed by atoms with van der Waals surface area (Å²) >= 11 is 0. The van der Waals surface area contributed by atoms with Crippen molar-refractivity contribution in [3.05, 3.63) is 35.9 Å². The Kier molecular flexibility index (Phi) is 4.27. The highest BCUT2D eigenvalue weighted by molar-refractivity contribution is 5.92. The molecule has 1 heterocycles. The van der Waals surface area contributed by atoms with Gasteiger partial charge in [-0.1, -0.05) is 0 Å². The van der Waals surface area contributed by atoms with Crippen LogP contribution in [0.15, 0.2) is 30.4 Å². The van der Waals surface area contributed by atoms with Crippen molar-refractivity contribution >= 4 is 12.0 Å². The first-order chi connectivity index (χ1) is 8.02. The van der Waals surface area contributed by atoms with Crippen molar-refractivity contribution in [1.82, 2.24) is 9.88 Å². The highest BCUT2D eigenvalue weighted by Crippen LogP contribution is 2.05. The van der Waals surface area contributed by atoms with Gasteiger partial charge in [0.2, 0.25) is 5.91 Å². The number of nitrogens with two attached hydrogens (primary N) is 1. The Balaban J connectivity index is 2.61. The number of nitrogens with one attached hydrogen (secondary N) is 1. The van der Waals surface area contributed by atoms with E-state index in [0.717, 1.165) is 0 Å². The normalized spacial score (nSPS) is 11.2. The Labute approximate surface area is 96.5 Å². The first-order valence-corrected chi connectivity index (χ1v) is 4.73. The van der Waals surface area contributed by atoms with Gasteiger partial charge < -0.3 is 20.7 Å². The van der Waals surface area contributed by atoms with Gasteiger partial charge in [0, 0.05) is 25.5 Å². The zero-order chi connectivity index (χ0) is 12.8. The lowest BCUT2D eigenvalue weighted by molar-refractivity contribution is 0.1000. The van der Waals surface area contributed by atoms with E-state index in [1.165, 1.54) is 16.8 Å². The summed E-state index contributed by atoms with van der Waals surface area (Å²) in [7, 11) is 0. The first-order valence-electron chi connectivity index (χ1n) is 4.73. The summed E-state index contributed by atoms with van der Waals surface area (Å²) in [6, 6.07) is 1.50. The van der Waals surface area contributed by atoms with Gasteiger partial charge in [0.25, 0.3) is 0 Å². The van der Waals surface area contributed by atoms with E-state index >= 15 is 0 Å². The molecular formula is C10H12FN3O3. The summed E-state index contributed by atoms with van der Waals surface area (Å²) in [5, 5.41) is 10.4. The number of nitrogens with zero attached hydrogens (tertiary/aromatic N) is 1. The molecule has 2 amide bonds. The summed E-state index contributed by atoms with van der Waals surface area (Å²) in [5.41, 5.74) is 5.61. The molecule has 0 unspecified atom stereocenters. The van der Waals surface area contributed by atoms with Gasteiger partial charge >= 0.3 is 6.09 Å². The molecule has 0 fully saturated rings. The molecule has 6 nitrogen and oxygen atoms in total. The molecular weight excluding hydrogens is 229 g/mol. The maximum atomic E-state index is 12.5. The van der Waals surface area contributed by atoms with Crippen LogP contribution in [0.1, 0.15) is 10.4 Å². The molecule has 92 valence electrons. The second kappa shape index (κ2) is 5.69. The summed E-state index contributed by atoms with van der Waals surface area (Å²) in [6.07, 6.45) is 2.13. The summed E-state index contributed by atoms with van der Waals surface area (Å²) in [5.74, 6) is -0.571. The van der Waals surface area contributed by atoms with Crippen LogP contribution in [0.25, 0.3) is 0 Å². The average molecular weight is 241 g/mol. The molecule has 1 rings (SSSR count). The quantitative estimate of drug-likeness (QED) is 0.708. The zero-order valence-electron chi connectivity index (χ0n) is 8.89. The highest BCUT2D eigenvalue weighted by atomic mass is 19.1. The van der Waals surface area contributed by atoms with Crippen molar-refractivity contribution < 1.29 is 19.1 Å². The van der Waals surface area contributed by atoms with Gasteiger partial charge in [-0.15, -0.1) is 0 Å². The van der Waals surface area contributed by atoms with Crippen LogP contribution in [-0.4, -0.2) is 28.2 Å². The summed E-state index contributed by atoms with van der Waals surface area (Å²) in [6.45, 7) is 0.0278. The molecule has 4 N–H and O–H groups in total. The van der Waals surface area contributed by atoms with Crippen LogP contribution in [-0.2, 0) is 6.54 Å². The largest absolute Gasteiger partial charge is 0.465 e. The standard InChI is InChI=1S/C10H12FN3O3/c11-3-7(4-13-10(16)17)5-14-2-1-8(6-14)9(12)15/h1-3,6,13H,4-5H2,(H2,12,15)(H,16,17). The smallest absolute Gasteiger partial charge is 0.404 e. The van der Waals surface area contributed by atoms with Crippen LogP contribution >= 0.6 is 0 Å². The summed E-state index contributed by atoms with van der Waals surface area (Å²) < 4.78 is 14.0. The van der Waals surface area contributed by atoms with Crippen molar-refractivity contribution in [2.75, 3.05) is 6.54 Å². The third-order valence-electron chi connectivity index (χ3n) is 2.04. The molecule has 0 saturated heterocycles. The zero-order valence-corrected chi connectivity index (χ0v) is 8.89. The maximum Gasteiger partial charge on any atom is 0.404 e. The SMILES string of the molecule is NC(=O)c1ccn(CC(=CF)CNC(=O)O)c1. The number of halogens is 1. The fourth-order valence-electron chi connectivity index (χ4n) is 1.24. The average Bonchev–Trinajstić information content (AvgIpc) is 2.72. The number of carboxylic acid groups (broad SMARTS) is 1. The van der Waals surface area contributed by atoms with Crippen molar-refractivity contribution in [1.29, 1.82) is 0 Å². The van der Waals surface area contributed by atoms with E-state index in [4.69, 9.17) is 10.8 Å². The van der Waals surface area contributed by atoms with Crippen molar-refractivity contribution in [2.45, 2.75) is 6.54 Å². The van der Waals surface area contributed by atoms with Gasteiger partial charge in [-0.3, -0.25) is 4.79 Å². The lowest BCUT2D eigenvalue weighted by atomic mass is 10.3. The number of rotatable bonds is 5. The van der Waals surface area contributed by atoms with Crippen LogP contribution in [0.2, 0.25) is 0 Å².